The van der Waals surface area contributed by atoms with Crippen LogP contribution in [0.2, 0.25) is 0 Å². The Morgan fingerprint density at radius 2 is 1.91 bits per heavy atom. The molecule has 2 amide bonds. The van der Waals surface area contributed by atoms with Crippen molar-refractivity contribution in [3.63, 3.8) is 0 Å². The number of halogens is 1. The zero-order valence-electron chi connectivity index (χ0n) is 25.6. The molecule has 46 heavy (non-hydrogen) atoms. The summed E-state index contributed by atoms with van der Waals surface area (Å²) in [6.45, 7) is 5.02. The van der Waals surface area contributed by atoms with Crippen LogP contribution in [-0.4, -0.2) is 45.0 Å². The molecule has 4 N–H and O–H groups in total. The van der Waals surface area contributed by atoms with E-state index in [1.807, 2.05) is 6.92 Å². The lowest BCUT2D eigenvalue weighted by molar-refractivity contribution is -0.123. The largest absolute Gasteiger partial charge is 0.489 e. The van der Waals surface area contributed by atoms with E-state index >= 15 is 0 Å². The third-order valence-electron chi connectivity index (χ3n) is 8.58. The number of benzene rings is 2. The number of hydrogen-bond acceptors (Lipinski definition) is 8. The van der Waals surface area contributed by atoms with Gasteiger partial charge in [0.05, 0.1) is 16.9 Å². The number of aliphatic imine (C=N–C) groups is 1. The fourth-order valence-corrected chi connectivity index (χ4v) is 5.64. The molecule has 234 valence electrons. The van der Waals surface area contributed by atoms with Crippen molar-refractivity contribution in [1.82, 2.24) is 9.97 Å². The Hall–Kier alpha value is -5.29. The van der Waals surface area contributed by atoms with Crippen molar-refractivity contribution >= 4 is 39.9 Å². The first-order chi connectivity index (χ1) is 21.9. The molecule has 0 radical (unpaired) electrons. The monoisotopic (exact) mass is 621 g/mol. The Morgan fingerprint density at radius 1 is 1.15 bits per heavy atom. The first-order valence-corrected chi connectivity index (χ1v) is 14.8. The highest BCUT2D eigenvalue weighted by Crippen LogP contribution is 2.46. The van der Waals surface area contributed by atoms with Gasteiger partial charge in [-0.25, -0.2) is 9.37 Å². The van der Waals surface area contributed by atoms with E-state index in [9.17, 15) is 23.9 Å². The Kier molecular flexibility index (Phi) is 7.73. The number of nitrogens with zero attached hydrogens (tertiary/aromatic N) is 3. The minimum atomic E-state index is -1.62. The van der Waals surface area contributed by atoms with Gasteiger partial charge in [0.2, 0.25) is 5.91 Å². The topological polar surface area (TPSA) is 157 Å². The van der Waals surface area contributed by atoms with Gasteiger partial charge in [-0.1, -0.05) is 6.07 Å². The number of amides is 2. The Morgan fingerprint density at radius 3 is 2.61 bits per heavy atom. The van der Waals surface area contributed by atoms with Crippen LogP contribution in [0, 0.1) is 5.82 Å². The average molecular weight is 622 g/mol. The number of carbonyl (C=O) groups is 3. The molecule has 2 aliphatic rings. The molecule has 0 saturated carbocycles. The van der Waals surface area contributed by atoms with Gasteiger partial charge < -0.3 is 20.9 Å². The van der Waals surface area contributed by atoms with E-state index in [1.54, 1.807) is 43.5 Å². The number of anilines is 1. The number of aliphatic hydroxyl groups is 1. The summed E-state index contributed by atoms with van der Waals surface area (Å²) in [5.74, 6) is -1.31. The summed E-state index contributed by atoms with van der Waals surface area (Å²) in [6.07, 6.45) is 3.49. The second-order valence-electron chi connectivity index (χ2n) is 12.2. The third-order valence-corrected chi connectivity index (χ3v) is 8.58. The number of Topliss-reactive ketones (excluding diaryl/α,β-unsaturated/α-hetero) is 1. The molecule has 2 aromatic carbocycles. The SMILES string of the molecule is CC1=NC=C(C(=O)Nc2cc(C(=O)CC[C@](C)(O)c3cc4c(c(-c5ccc(F)cc5)n3)OC[C@]4(C)C(N)=O)cc3cccnc23)C1. The molecule has 6 rings (SSSR count). The summed E-state index contributed by atoms with van der Waals surface area (Å²) in [5.41, 5.74) is 7.06. The van der Waals surface area contributed by atoms with Gasteiger partial charge in [0.1, 0.15) is 34.9 Å². The summed E-state index contributed by atoms with van der Waals surface area (Å²) >= 11 is 0. The van der Waals surface area contributed by atoms with Crippen molar-refractivity contribution in [2.45, 2.75) is 51.0 Å². The van der Waals surface area contributed by atoms with Crippen LogP contribution in [0.25, 0.3) is 22.2 Å². The lowest BCUT2D eigenvalue weighted by atomic mass is 9.81. The van der Waals surface area contributed by atoms with E-state index in [0.29, 0.717) is 56.7 Å². The number of nitrogens with one attached hydrogen (secondary N) is 1. The molecule has 0 fully saturated rings. The van der Waals surface area contributed by atoms with E-state index in [4.69, 9.17) is 15.5 Å². The molecule has 2 aromatic heterocycles. The number of rotatable bonds is 9. The standard InChI is InChI=1S/C35H32FN5O5/c1-19-13-23(17-39-19)32(43)40-26-15-22(14-21-5-4-12-38-29(21)26)27(42)10-11-35(3,45)28-16-25-31(46-18-34(25,2)33(37)44)30(41-28)20-6-8-24(36)9-7-20/h4-9,12,14-17,45H,10-11,13,18H2,1-3H3,(H2,37,44)(H,40,43)/t34-,35-/m0/s1. The summed E-state index contributed by atoms with van der Waals surface area (Å²) < 4.78 is 19.6. The number of aromatic nitrogens is 2. The fourth-order valence-electron chi connectivity index (χ4n) is 5.64. The van der Waals surface area contributed by atoms with Gasteiger partial charge in [-0.15, -0.1) is 0 Å². The predicted octanol–water partition coefficient (Wildman–Crippen LogP) is 5.13. The Balaban J connectivity index is 1.30. The van der Waals surface area contributed by atoms with Crippen LogP contribution in [0.3, 0.4) is 0 Å². The number of hydrogen-bond donors (Lipinski definition) is 3. The smallest absolute Gasteiger partial charge is 0.253 e. The van der Waals surface area contributed by atoms with Gasteiger partial charge in [0, 0.05) is 58.6 Å². The second kappa shape index (κ2) is 11.6. The maximum Gasteiger partial charge on any atom is 0.253 e. The average Bonchev–Trinajstić information content (AvgIpc) is 3.63. The maximum absolute atomic E-state index is 13.7. The minimum absolute atomic E-state index is 0.0166. The van der Waals surface area contributed by atoms with Crippen LogP contribution in [0.15, 0.2) is 77.6 Å². The van der Waals surface area contributed by atoms with Crippen molar-refractivity contribution in [3.05, 3.63) is 95.2 Å². The first kappa shape index (κ1) is 30.7. The van der Waals surface area contributed by atoms with Gasteiger partial charge in [-0.3, -0.25) is 24.4 Å². The molecule has 2 atom stereocenters. The Bertz CT molecular complexity index is 1990. The molecule has 4 aromatic rings. The van der Waals surface area contributed by atoms with Crippen molar-refractivity contribution in [1.29, 1.82) is 0 Å². The maximum atomic E-state index is 13.7. The number of primary amides is 1. The van der Waals surface area contributed by atoms with Crippen molar-refractivity contribution in [3.8, 4) is 17.0 Å². The number of fused-ring (bicyclic) bond motifs is 2. The summed E-state index contributed by atoms with van der Waals surface area (Å²) in [4.78, 5) is 52.3. The molecule has 0 spiro atoms. The van der Waals surface area contributed by atoms with E-state index in [2.05, 4.69) is 15.3 Å². The van der Waals surface area contributed by atoms with Crippen LogP contribution in [0.5, 0.6) is 5.75 Å². The van der Waals surface area contributed by atoms with Gasteiger partial charge in [-0.05, 0) is 75.7 Å². The van der Waals surface area contributed by atoms with Gasteiger partial charge in [0.15, 0.2) is 5.78 Å². The van der Waals surface area contributed by atoms with Crippen LogP contribution >= 0.6 is 0 Å². The van der Waals surface area contributed by atoms with Crippen LogP contribution in [0.4, 0.5) is 10.1 Å². The fraction of sp³-hybridized carbons (Fsp3) is 0.257. The summed E-state index contributed by atoms with van der Waals surface area (Å²) in [5, 5.41) is 15.3. The second-order valence-corrected chi connectivity index (χ2v) is 12.2. The number of nitrogens with two attached hydrogens (primary N) is 1. The highest BCUT2D eigenvalue weighted by atomic mass is 19.1. The lowest BCUT2D eigenvalue weighted by Crippen LogP contribution is -2.40. The van der Waals surface area contributed by atoms with Gasteiger partial charge in [0.25, 0.3) is 5.91 Å². The van der Waals surface area contributed by atoms with Gasteiger partial charge in [-0.2, -0.15) is 0 Å². The van der Waals surface area contributed by atoms with Crippen LogP contribution in [-0.2, 0) is 20.6 Å². The molecule has 4 heterocycles. The van der Waals surface area contributed by atoms with Crippen molar-refractivity contribution < 1.29 is 28.6 Å². The van der Waals surface area contributed by atoms with E-state index in [1.165, 1.54) is 37.4 Å². The third kappa shape index (κ3) is 5.65. The molecule has 0 saturated heterocycles. The van der Waals surface area contributed by atoms with E-state index < -0.39 is 22.7 Å². The Labute approximate surface area is 264 Å². The molecule has 11 heteroatoms. The predicted molar refractivity (Wildman–Crippen MR) is 171 cm³/mol. The zero-order valence-corrected chi connectivity index (χ0v) is 25.6. The number of pyridine rings is 2. The highest BCUT2D eigenvalue weighted by molar-refractivity contribution is 6.13. The zero-order chi connectivity index (χ0) is 32.8. The number of ether oxygens (including phenoxy) is 1. The highest BCUT2D eigenvalue weighted by Gasteiger charge is 2.45. The molecule has 0 aliphatic carbocycles. The molecule has 2 aliphatic heterocycles. The quantitative estimate of drug-likeness (QED) is 0.219. The number of ketones is 1. The molecule has 0 unspecified atom stereocenters. The van der Waals surface area contributed by atoms with Gasteiger partial charge >= 0.3 is 0 Å². The molecule has 0 bridgehead atoms. The minimum Gasteiger partial charge on any atom is -0.489 e. The molecule has 10 nitrogen and oxygen atoms in total. The molecular formula is C35H32FN5O5. The van der Waals surface area contributed by atoms with Crippen molar-refractivity contribution in [2.24, 2.45) is 10.7 Å². The van der Waals surface area contributed by atoms with E-state index in [0.717, 1.165) is 5.71 Å². The lowest BCUT2D eigenvalue weighted by Gasteiger charge is -2.26. The summed E-state index contributed by atoms with van der Waals surface area (Å²) in [7, 11) is 0. The number of carbonyl (C=O) groups excluding carboxylic acids is 3. The summed E-state index contributed by atoms with van der Waals surface area (Å²) in [6, 6.07) is 14.0. The van der Waals surface area contributed by atoms with Crippen LogP contribution < -0.4 is 15.8 Å². The van der Waals surface area contributed by atoms with Crippen molar-refractivity contribution in [2.75, 3.05) is 11.9 Å². The van der Waals surface area contributed by atoms with Crippen LogP contribution in [0.1, 0.15) is 61.6 Å². The normalized spacial score (nSPS) is 18.3. The molecular weight excluding hydrogens is 589 g/mol. The first-order valence-electron chi connectivity index (χ1n) is 14.8. The van der Waals surface area contributed by atoms with E-state index in [-0.39, 0.29) is 36.8 Å².